The van der Waals surface area contributed by atoms with Crippen LogP contribution in [0.15, 0.2) is 225 Å². The Morgan fingerprint density at radius 1 is 0.318 bits per heavy atom. The fraction of sp³-hybridized carbons (Fsp3) is 0.0656. The predicted octanol–water partition coefficient (Wildman–Crippen LogP) is 14.5. The lowest BCUT2D eigenvalue weighted by Gasteiger charge is -2.56. The molecule has 1 aliphatic carbocycles. The van der Waals surface area contributed by atoms with E-state index in [1.807, 2.05) is 49.1 Å². The molecule has 0 bridgehead atoms. The monoisotopic (exact) mass is 845 g/mol. The summed E-state index contributed by atoms with van der Waals surface area (Å²) in [5.41, 5.74) is 21.8. The van der Waals surface area contributed by atoms with E-state index in [9.17, 15) is 0 Å². The molecule has 5 heterocycles. The van der Waals surface area contributed by atoms with Gasteiger partial charge in [-0.15, -0.1) is 0 Å². The summed E-state index contributed by atoms with van der Waals surface area (Å²) in [4.78, 5) is 18.9. The molecule has 2 aliphatic heterocycles. The van der Waals surface area contributed by atoms with E-state index in [-0.39, 0.29) is 0 Å². The van der Waals surface area contributed by atoms with Crippen LogP contribution in [0.5, 0.6) is 0 Å². The van der Waals surface area contributed by atoms with Gasteiger partial charge < -0.3 is 9.80 Å². The predicted molar refractivity (Wildman–Crippen MR) is 267 cm³/mol. The molecule has 3 aliphatic rings. The zero-order chi connectivity index (χ0) is 44.0. The summed E-state index contributed by atoms with van der Waals surface area (Å²) < 4.78 is 0. The fourth-order valence-corrected chi connectivity index (χ4v) is 11.7. The molecule has 10 aromatic rings. The first kappa shape index (κ1) is 38.1. The Hall–Kier alpha value is -8.41. The highest BCUT2D eigenvalue weighted by molar-refractivity contribution is 5.96. The average Bonchev–Trinajstić information content (AvgIpc) is 3.38. The summed E-state index contributed by atoms with van der Waals surface area (Å²) in [7, 11) is 0. The summed E-state index contributed by atoms with van der Waals surface area (Å²) in [6.07, 6.45) is 7.34. The Kier molecular flexibility index (Phi) is 8.40. The quantitative estimate of drug-likeness (QED) is 0.177. The van der Waals surface area contributed by atoms with E-state index in [0.717, 1.165) is 45.3 Å². The van der Waals surface area contributed by atoms with Crippen LogP contribution in [-0.2, 0) is 10.8 Å². The van der Waals surface area contributed by atoms with Crippen LogP contribution in [0, 0.1) is 13.8 Å². The van der Waals surface area contributed by atoms with Crippen LogP contribution in [0.25, 0.3) is 22.5 Å². The topological polar surface area (TPSA) is 45.2 Å². The molecule has 5 heteroatoms. The number of benzene rings is 7. The largest absolute Gasteiger partial charge is 0.310 e. The van der Waals surface area contributed by atoms with Crippen molar-refractivity contribution in [2.75, 3.05) is 9.80 Å². The van der Waals surface area contributed by atoms with Gasteiger partial charge in [-0.2, -0.15) is 0 Å². The van der Waals surface area contributed by atoms with E-state index in [0.29, 0.717) is 0 Å². The highest BCUT2D eigenvalue weighted by atomic mass is 15.2. The second-order valence-corrected chi connectivity index (χ2v) is 17.7. The first-order chi connectivity index (χ1) is 32.6. The van der Waals surface area contributed by atoms with E-state index in [2.05, 4.69) is 210 Å². The minimum Gasteiger partial charge on any atom is -0.310 e. The van der Waals surface area contributed by atoms with Crippen LogP contribution in [0.1, 0.15) is 55.6 Å². The molecule has 5 nitrogen and oxygen atoms in total. The van der Waals surface area contributed by atoms with Crippen molar-refractivity contribution in [3.63, 3.8) is 0 Å². The number of para-hydroxylation sites is 3. The van der Waals surface area contributed by atoms with Crippen molar-refractivity contribution >= 4 is 34.1 Å². The standard InChI is InChI=1S/C61H43N5/c1-40-24-26-58-52(36-40)61(53-37-41(2)25-27-59(53)65(58)44-14-4-3-5-15-44)48-18-8-6-16-46(48)60(47-17-7-9-19-49(47)61)50-20-10-12-22-56(50)66(57-23-13-11-21-51(57)60)45-38-54(42-28-32-62-33-29-42)64-55(39-45)43-30-34-63-35-31-43/h3-39H,1-2H3. The maximum absolute atomic E-state index is 5.26. The second kappa shape index (κ2) is 14.6. The number of aryl methyl sites for hydroxylation is 2. The molecule has 312 valence electrons. The van der Waals surface area contributed by atoms with E-state index in [1.165, 1.54) is 67.0 Å². The number of aromatic nitrogens is 3. The number of pyridine rings is 3. The van der Waals surface area contributed by atoms with Gasteiger partial charge in [0.05, 0.1) is 50.7 Å². The molecule has 0 N–H and O–H groups in total. The molecular weight excluding hydrogens is 803 g/mol. The Labute approximate surface area is 385 Å². The average molecular weight is 846 g/mol. The molecule has 0 unspecified atom stereocenters. The van der Waals surface area contributed by atoms with Crippen molar-refractivity contribution < 1.29 is 0 Å². The summed E-state index contributed by atoms with van der Waals surface area (Å²) >= 11 is 0. The van der Waals surface area contributed by atoms with Crippen molar-refractivity contribution in [3.8, 4) is 22.5 Å². The number of hydrogen-bond donors (Lipinski definition) is 0. The van der Waals surface area contributed by atoms with Crippen LogP contribution in [0.3, 0.4) is 0 Å². The minimum absolute atomic E-state index is 0.655. The van der Waals surface area contributed by atoms with Crippen molar-refractivity contribution in [1.82, 2.24) is 15.0 Å². The Morgan fingerprint density at radius 2 is 0.682 bits per heavy atom. The summed E-state index contributed by atoms with van der Waals surface area (Å²) in [5.74, 6) is 0. The van der Waals surface area contributed by atoms with E-state index in [4.69, 9.17) is 4.98 Å². The summed E-state index contributed by atoms with van der Waals surface area (Å²) in [5, 5.41) is 0. The zero-order valence-electron chi connectivity index (χ0n) is 36.6. The maximum atomic E-state index is 5.26. The number of nitrogens with zero attached hydrogens (tertiary/aromatic N) is 5. The zero-order valence-corrected chi connectivity index (χ0v) is 36.6. The second-order valence-electron chi connectivity index (χ2n) is 17.7. The number of anilines is 6. The number of hydrogen-bond acceptors (Lipinski definition) is 5. The van der Waals surface area contributed by atoms with Gasteiger partial charge in [-0.25, -0.2) is 4.98 Å². The Balaban J connectivity index is 1.13. The minimum atomic E-state index is -0.693. The van der Waals surface area contributed by atoms with Crippen molar-refractivity contribution in [3.05, 3.63) is 281 Å². The van der Waals surface area contributed by atoms with E-state index >= 15 is 0 Å². The maximum Gasteiger partial charge on any atom is 0.0748 e. The molecule has 0 saturated heterocycles. The fourth-order valence-electron chi connectivity index (χ4n) is 11.7. The Morgan fingerprint density at radius 3 is 1.14 bits per heavy atom. The highest BCUT2D eigenvalue weighted by Gasteiger charge is 2.59. The molecule has 7 aromatic carbocycles. The van der Waals surface area contributed by atoms with Gasteiger partial charge in [-0.3, -0.25) is 9.97 Å². The first-order valence-corrected chi connectivity index (χ1v) is 22.7. The van der Waals surface area contributed by atoms with E-state index in [1.54, 1.807) is 0 Å². The van der Waals surface area contributed by atoms with Crippen LogP contribution < -0.4 is 9.80 Å². The molecule has 0 radical (unpaired) electrons. The van der Waals surface area contributed by atoms with E-state index < -0.39 is 10.8 Å². The van der Waals surface area contributed by atoms with Gasteiger partial charge in [-0.05, 0) is 131 Å². The normalized spacial score (nSPS) is 14.4. The lowest BCUT2D eigenvalue weighted by atomic mass is 9.49. The molecular formula is C61H43N5. The number of rotatable bonds is 4. The molecule has 0 amide bonds. The SMILES string of the molecule is Cc1ccc2c(c1)C1(c3cc(C)ccc3N2c2ccccc2)c2ccccc2C2(c3ccccc3N(c3cc(-c4ccncc4)nc(-c4ccncc4)c3)c3ccccc32)c2ccccc21. The molecule has 66 heavy (non-hydrogen) atoms. The van der Waals surface area contributed by atoms with Crippen molar-refractivity contribution in [2.45, 2.75) is 24.7 Å². The van der Waals surface area contributed by atoms with Gasteiger partial charge in [0.2, 0.25) is 0 Å². The lowest BCUT2D eigenvalue weighted by molar-refractivity contribution is 0.607. The van der Waals surface area contributed by atoms with Crippen molar-refractivity contribution in [1.29, 1.82) is 0 Å². The third-order valence-corrected chi connectivity index (χ3v) is 14.2. The van der Waals surface area contributed by atoms with Gasteiger partial charge in [0.15, 0.2) is 0 Å². The summed E-state index contributed by atoms with van der Waals surface area (Å²) in [6, 6.07) is 74.4. The highest BCUT2D eigenvalue weighted by Crippen LogP contribution is 2.68. The van der Waals surface area contributed by atoms with Crippen LogP contribution in [-0.4, -0.2) is 15.0 Å². The van der Waals surface area contributed by atoms with Crippen molar-refractivity contribution in [2.24, 2.45) is 0 Å². The van der Waals surface area contributed by atoms with Gasteiger partial charge in [0, 0.05) is 41.6 Å². The van der Waals surface area contributed by atoms with Crippen LogP contribution in [0.4, 0.5) is 34.1 Å². The lowest BCUT2D eigenvalue weighted by Crippen LogP contribution is -2.49. The van der Waals surface area contributed by atoms with Gasteiger partial charge in [0.1, 0.15) is 0 Å². The van der Waals surface area contributed by atoms with Gasteiger partial charge >= 0.3 is 0 Å². The smallest absolute Gasteiger partial charge is 0.0748 e. The number of fused-ring (bicyclic) bond motifs is 14. The van der Waals surface area contributed by atoms with Gasteiger partial charge in [-0.1, -0.05) is 139 Å². The molecule has 2 spiro atoms. The third-order valence-electron chi connectivity index (χ3n) is 14.2. The molecule has 0 saturated carbocycles. The molecule has 13 rings (SSSR count). The summed E-state index contributed by atoms with van der Waals surface area (Å²) in [6.45, 7) is 4.46. The molecule has 0 fully saturated rings. The van der Waals surface area contributed by atoms with Crippen LogP contribution in [0.2, 0.25) is 0 Å². The van der Waals surface area contributed by atoms with Gasteiger partial charge in [0.25, 0.3) is 0 Å². The third kappa shape index (κ3) is 5.25. The molecule has 0 atom stereocenters. The molecule has 3 aromatic heterocycles. The first-order valence-electron chi connectivity index (χ1n) is 22.7. The van der Waals surface area contributed by atoms with Crippen LogP contribution >= 0.6 is 0 Å². The Bertz CT molecular complexity index is 3320.